The lowest BCUT2D eigenvalue weighted by molar-refractivity contribution is -0.149. The molecule has 0 aromatic carbocycles. The number of rotatable bonds is 13. The van der Waals surface area contributed by atoms with E-state index in [1.165, 1.54) is 17.8 Å². The molecule has 2 aliphatic rings. The van der Waals surface area contributed by atoms with Gasteiger partial charge in [-0.2, -0.15) is 9.97 Å². The van der Waals surface area contributed by atoms with Crippen LogP contribution in [0.1, 0.15) is 40.8 Å². The molecule has 43 heavy (non-hydrogen) atoms. The fraction of sp³-hybridized carbons (Fsp3) is 0.652. The summed E-state index contributed by atoms with van der Waals surface area (Å²) in [6.45, 7) is 3.10. The van der Waals surface area contributed by atoms with Crippen LogP contribution >= 0.6 is 18.1 Å². The predicted molar refractivity (Wildman–Crippen MR) is 151 cm³/mol. The van der Waals surface area contributed by atoms with Crippen LogP contribution in [0.4, 0.5) is 15.1 Å². The molecule has 0 bridgehead atoms. The Bertz CT molecular complexity index is 1430. The van der Waals surface area contributed by atoms with Crippen LogP contribution in [0.5, 0.6) is 5.88 Å². The maximum atomic E-state index is 16.0. The molecule has 7 atom stereocenters. The molecule has 4 rings (SSSR count). The lowest BCUT2D eigenvalue weighted by Crippen LogP contribution is -2.41. The van der Waals surface area contributed by atoms with E-state index in [0.717, 1.165) is 6.92 Å². The van der Waals surface area contributed by atoms with Crippen molar-refractivity contribution in [3.8, 4) is 5.88 Å². The topological polar surface area (TPSA) is 231 Å². The summed E-state index contributed by atoms with van der Waals surface area (Å²) < 4.78 is 53.3. The van der Waals surface area contributed by atoms with E-state index >= 15 is 4.39 Å². The highest BCUT2D eigenvalue weighted by Gasteiger charge is 2.56. The third kappa shape index (κ3) is 7.18. The van der Waals surface area contributed by atoms with Crippen LogP contribution in [-0.2, 0) is 28.2 Å². The average Bonchev–Trinajstić information content (AvgIpc) is 3.54. The lowest BCUT2D eigenvalue weighted by Gasteiger charge is -2.25. The molecule has 20 heteroatoms. The number of ether oxygens (including phenoxy) is 3. The number of carbonyl (C=O) groups is 3. The summed E-state index contributed by atoms with van der Waals surface area (Å²) in [5, 5.41) is 17.9. The normalized spacial score (nSPS) is 27.6. The fourth-order valence-corrected chi connectivity index (χ4v) is 8.19. The van der Waals surface area contributed by atoms with Gasteiger partial charge in [-0.1, -0.05) is 11.4 Å². The quantitative estimate of drug-likeness (QED) is 0.115. The summed E-state index contributed by atoms with van der Waals surface area (Å²) in [7, 11) is 0. The van der Waals surface area contributed by atoms with Crippen LogP contribution in [0.3, 0.4) is 0 Å². The standard InChI is InChI=1S/C23H34FN8O9PS/c1-6-38-18-14-16(28-21(25)30-18)32(9-26-14)20-23(5,24)15(33)13(41-20)7-39-42(37,31-11(4)19(35)40-10(2)3)43-8-12-17(34)29-22(36)27-12/h9-13,15,20,33H,6-8H2,1-5H3,(H,31,37)(H2,25,28,30)(H2,27,29,34,36)/t11-,12-,13-,15-,20-,23-,42?/m1/s1. The molecule has 17 nitrogen and oxygen atoms in total. The molecule has 238 valence electrons. The molecule has 2 fully saturated rings. The fourth-order valence-electron chi connectivity index (χ4n) is 4.32. The first-order valence-corrected chi connectivity index (χ1v) is 16.5. The number of carbonyl (C=O) groups excluding carboxylic acids is 3. The number of hydrogen-bond donors (Lipinski definition) is 5. The first-order chi connectivity index (χ1) is 20.1. The van der Waals surface area contributed by atoms with Gasteiger partial charge >= 0.3 is 18.7 Å². The highest BCUT2D eigenvalue weighted by Crippen LogP contribution is 2.57. The predicted octanol–water partition coefficient (Wildman–Crippen LogP) is 0.789. The number of aromatic nitrogens is 4. The summed E-state index contributed by atoms with van der Waals surface area (Å²) in [6.07, 6.45) is -3.81. The Hall–Kier alpha value is -3.09. The third-order valence-corrected chi connectivity index (χ3v) is 10.5. The van der Waals surface area contributed by atoms with E-state index in [1.807, 2.05) is 0 Å². The van der Waals surface area contributed by atoms with Crippen molar-refractivity contribution in [1.29, 1.82) is 0 Å². The van der Waals surface area contributed by atoms with E-state index in [2.05, 4.69) is 30.7 Å². The number of alkyl halides is 1. The number of imidazole rings is 1. The number of halogens is 1. The molecule has 2 aromatic heterocycles. The van der Waals surface area contributed by atoms with Crippen molar-refractivity contribution in [3.63, 3.8) is 0 Å². The SMILES string of the molecule is CCOc1nc(N)nc2c1ncn2[C@@H]1O[C@H](COP(=O)(N[C@H](C)C(=O)OC(C)C)SC[C@H]2NC(=O)NC2=O)[C@@H](O)[C@@]1(C)F. The van der Waals surface area contributed by atoms with Gasteiger partial charge in [0.15, 0.2) is 23.1 Å². The molecule has 0 aliphatic carbocycles. The molecule has 1 unspecified atom stereocenters. The van der Waals surface area contributed by atoms with Gasteiger partial charge in [-0.05, 0) is 34.6 Å². The summed E-state index contributed by atoms with van der Waals surface area (Å²) in [6, 6.07) is -2.86. The summed E-state index contributed by atoms with van der Waals surface area (Å²) in [5.41, 5.74) is 3.68. The maximum absolute atomic E-state index is 16.0. The van der Waals surface area contributed by atoms with Crippen molar-refractivity contribution in [2.75, 3.05) is 24.7 Å². The molecule has 2 saturated heterocycles. The average molecular weight is 649 g/mol. The van der Waals surface area contributed by atoms with Crippen LogP contribution in [0, 0.1) is 0 Å². The van der Waals surface area contributed by atoms with Gasteiger partial charge in [0, 0.05) is 5.75 Å². The molecule has 0 saturated carbocycles. The largest absolute Gasteiger partial charge is 0.476 e. The molecule has 0 spiro atoms. The van der Waals surface area contributed by atoms with Crippen molar-refractivity contribution in [1.82, 2.24) is 35.2 Å². The molecule has 0 radical (unpaired) electrons. The lowest BCUT2D eigenvalue weighted by atomic mass is 9.98. The van der Waals surface area contributed by atoms with Gasteiger partial charge < -0.3 is 34.9 Å². The van der Waals surface area contributed by atoms with Crippen LogP contribution in [-0.4, -0.2) is 97.6 Å². The van der Waals surface area contributed by atoms with Gasteiger partial charge in [0.25, 0.3) is 5.91 Å². The Labute approximate surface area is 249 Å². The van der Waals surface area contributed by atoms with E-state index < -0.39 is 73.5 Å². The minimum atomic E-state index is -4.08. The minimum absolute atomic E-state index is 0.0871. The van der Waals surface area contributed by atoms with Crippen molar-refractivity contribution in [2.45, 2.75) is 76.9 Å². The zero-order valence-electron chi connectivity index (χ0n) is 24.0. The number of anilines is 1. The van der Waals surface area contributed by atoms with Gasteiger partial charge in [-0.25, -0.2) is 19.3 Å². The monoisotopic (exact) mass is 648 g/mol. The molecule has 2 aromatic rings. The second kappa shape index (κ2) is 12.9. The minimum Gasteiger partial charge on any atom is -0.476 e. The number of aliphatic hydroxyl groups excluding tert-OH is 1. The second-order valence-corrected chi connectivity index (χ2v) is 14.5. The number of nitrogens with zero attached hydrogens (tertiary/aromatic N) is 4. The zero-order chi connectivity index (χ0) is 31.7. The number of esters is 1. The van der Waals surface area contributed by atoms with Crippen LogP contribution in [0.2, 0.25) is 0 Å². The van der Waals surface area contributed by atoms with Gasteiger partial charge in [-0.15, -0.1) is 0 Å². The number of nitrogen functional groups attached to an aromatic ring is 1. The highest BCUT2D eigenvalue weighted by molar-refractivity contribution is 8.56. The second-order valence-electron chi connectivity index (χ2n) is 10.2. The zero-order valence-corrected chi connectivity index (χ0v) is 25.7. The van der Waals surface area contributed by atoms with Crippen molar-refractivity contribution in [3.05, 3.63) is 6.33 Å². The van der Waals surface area contributed by atoms with Crippen molar-refractivity contribution >= 4 is 53.1 Å². The van der Waals surface area contributed by atoms with Crippen molar-refractivity contribution < 1.29 is 47.2 Å². The van der Waals surface area contributed by atoms with E-state index in [4.69, 9.17) is 24.5 Å². The Kier molecular flexibility index (Phi) is 9.82. The smallest absolute Gasteiger partial charge is 0.327 e. The number of nitrogens with two attached hydrogens (primary N) is 1. The molecular formula is C23H34FN8O9PS. The number of amides is 3. The number of hydrogen-bond acceptors (Lipinski definition) is 14. The molecule has 6 N–H and O–H groups in total. The Balaban J connectivity index is 1.53. The molecule has 2 aliphatic heterocycles. The summed E-state index contributed by atoms with van der Waals surface area (Å²) in [5.74, 6) is -1.62. The number of imide groups is 1. The van der Waals surface area contributed by atoms with Gasteiger partial charge in [-0.3, -0.25) is 24.0 Å². The summed E-state index contributed by atoms with van der Waals surface area (Å²) in [4.78, 5) is 48.2. The molecule has 3 amide bonds. The number of nitrogens with one attached hydrogen (secondary N) is 3. The first-order valence-electron chi connectivity index (χ1n) is 13.3. The first kappa shape index (κ1) is 32.8. The van der Waals surface area contributed by atoms with Crippen LogP contribution in [0.25, 0.3) is 11.2 Å². The van der Waals surface area contributed by atoms with E-state index in [-0.39, 0.29) is 35.4 Å². The van der Waals surface area contributed by atoms with Crippen LogP contribution in [0.15, 0.2) is 6.33 Å². The number of fused-ring (bicyclic) bond motifs is 1. The van der Waals surface area contributed by atoms with Gasteiger partial charge in [0.1, 0.15) is 24.3 Å². The Morgan fingerprint density at radius 3 is 2.72 bits per heavy atom. The Morgan fingerprint density at radius 1 is 1.37 bits per heavy atom. The van der Waals surface area contributed by atoms with E-state index in [1.54, 1.807) is 20.8 Å². The van der Waals surface area contributed by atoms with Crippen LogP contribution < -0.4 is 26.2 Å². The third-order valence-electron chi connectivity index (χ3n) is 6.39. The Morgan fingerprint density at radius 2 is 2.09 bits per heavy atom. The summed E-state index contributed by atoms with van der Waals surface area (Å²) >= 11 is 0.632. The van der Waals surface area contributed by atoms with Crippen molar-refractivity contribution in [2.24, 2.45) is 0 Å². The maximum Gasteiger partial charge on any atom is 0.327 e. The van der Waals surface area contributed by atoms with Gasteiger partial charge in [0.05, 0.1) is 25.6 Å². The van der Waals surface area contributed by atoms with E-state index in [0.29, 0.717) is 11.4 Å². The van der Waals surface area contributed by atoms with E-state index in [9.17, 15) is 24.1 Å². The molecule has 4 heterocycles. The molecular weight excluding hydrogens is 614 g/mol. The number of aliphatic hydroxyl groups is 1. The van der Waals surface area contributed by atoms with Gasteiger partial charge in [0.2, 0.25) is 11.8 Å². The number of urea groups is 1. The highest BCUT2D eigenvalue weighted by atomic mass is 32.7.